The Labute approximate surface area is 157 Å². The van der Waals surface area contributed by atoms with Crippen LogP contribution >= 0.6 is 0 Å². The predicted octanol–water partition coefficient (Wildman–Crippen LogP) is 2.48. The molecule has 0 radical (unpaired) electrons. The molecule has 1 aliphatic rings. The van der Waals surface area contributed by atoms with Crippen molar-refractivity contribution in [3.8, 4) is 0 Å². The van der Waals surface area contributed by atoms with Gasteiger partial charge >= 0.3 is 12.0 Å². The molecule has 0 aromatic carbocycles. The Morgan fingerprint density at radius 2 is 2.07 bits per heavy atom. The number of rotatable bonds is 9. The minimum absolute atomic E-state index is 0.0894. The van der Waals surface area contributed by atoms with Gasteiger partial charge in [0.05, 0.1) is 23.9 Å². The molecule has 1 fully saturated rings. The molecule has 12 heteroatoms. The minimum atomic E-state index is -4.47. The van der Waals surface area contributed by atoms with Gasteiger partial charge in [0, 0.05) is 31.1 Å². The first-order chi connectivity index (χ1) is 13.2. The van der Waals surface area contributed by atoms with Crippen molar-refractivity contribution in [2.75, 3.05) is 6.54 Å². The van der Waals surface area contributed by atoms with E-state index in [0.29, 0.717) is 18.7 Å². The van der Waals surface area contributed by atoms with Gasteiger partial charge in [-0.15, -0.1) is 0 Å². The molecule has 2 aromatic heterocycles. The van der Waals surface area contributed by atoms with Crippen LogP contribution in [0.2, 0.25) is 0 Å². The minimum Gasteiger partial charge on any atom is -0.358 e. The highest BCUT2D eigenvalue weighted by Gasteiger charge is 2.37. The van der Waals surface area contributed by atoms with Crippen molar-refractivity contribution >= 4 is 11.7 Å². The third kappa shape index (κ3) is 5.08. The smallest absolute Gasteiger partial charge is 0.358 e. The number of hydrogen-bond donors (Lipinski definition) is 1. The number of hydrogen-bond acceptors (Lipinski definition) is 5. The Bertz CT molecular complexity index is 856. The Kier molecular flexibility index (Phi) is 5.66. The van der Waals surface area contributed by atoms with Gasteiger partial charge in [-0.1, -0.05) is 0 Å². The van der Waals surface area contributed by atoms with E-state index in [1.165, 1.54) is 21.6 Å². The zero-order chi connectivity index (χ0) is 20.3. The van der Waals surface area contributed by atoms with Crippen LogP contribution in [0.25, 0.3) is 0 Å². The maximum Gasteiger partial charge on any atom is 0.435 e. The molecule has 1 saturated carbocycles. The fourth-order valence-corrected chi connectivity index (χ4v) is 2.79. The Balaban J connectivity index is 1.42. The van der Waals surface area contributed by atoms with Gasteiger partial charge in [0.25, 0.3) is 0 Å². The number of carbonyl (C=O) groups excluding carboxylic acids is 1. The van der Waals surface area contributed by atoms with Gasteiger partial charge in [0.2, 0.25) is 5.91 Å². The summed E-state index contributed by atoms with van der Waals surface area (Å²) in [6.07, 6.45) is -0.786. The van der Waals surface area contributed by atoms with Crippen LogP contribution in [-0.2, 0) is 24.1 Å². The van der Waals surface area contributed by atoms with Gasteiger partial charge in [0.1, 0.15) is 0 Å². The van der Waals surface area contributed by atoms with E-state index in [9.17, 15) is 28.1 Å². The molecule has 2 aromatic rings. The molecule has 1 N–H and O–H groups in total. The largest absolute Gasteiger partial charge is 0.435 e. The Hall–Kier alpha value is -2.92. The normalized spacial score (nSPS) is 14.2. The number of nitrogens with one attached hydrogen (secondary N) is 1. The molecule has 0 aliphatic heterocycles. The first-order valence-corrected chi connectivity index (χ1v) is 8.83. The zero-order valence-electron chi connectivity index (χ0n) is 14.9. The van der Waals surface area contributed by atoms with Gasteiger partial charge in [-0.3, -0.25) is 9.48 Å². The summed E-state index contributed by atoms with van der Waals surface area (Å²) in [5, 5.41) is 20.6. The van der Waals surface area contributed by atoms with Crippen LogP contribution in [0.1, 0.15) is 43.0 Å². The lowest BCUT2D eigenvalue weighted by Gasteiger charge is -2.08. The lowest BCUT2D eigenvalue weighted by atomic mass is 10.2. The summed E-state index contributed by atoms with van der Waals surface area (Å²) in [6, 6.07) is 2.36. The molecule has 0 unspecified atom stereocenters. The van der Waals surface area contributed by atoms with Crippen molar-refractivity contribution in [2.24, 2.45) is 0 Å². The number of aromatic nitrogens is 4. The van der Waals surface area contributed by atoms with E-state index in [0.717, 1.165) is 18.9 Å². The van der Waals surface area contributed by atoms with E-state index in [1.807, 2.05) is 0 Å². The average molecular weight is 400 g/mol. The van der Waals surface area contributed by atoms with E-state index >= 15 is 0 Å². The summed E-state index contributed by atoms with van der Waals surface area (Å²) in [5.74, 6) is -0.419. The Morgan fingerprint density at radius 3 is 2.68 bits per heavy atom. The summed E-state index contributed by atoms with van der Waals surface area (Å²) in [5.41, 5.74) is -0.286. The van der Waals surface area contributed by atoms with Crippen molar-refractivity contribution < 1.29 is 22.9 Å². The van der Waals surface area contributed by atoms with Crippen LogP contribution in [0.15, 0.2) is 18.3 Å². The quantitative estimate of drug-likeness (QED) is 0.395. The third-order valence-corrected chi connectivity index (χ3v) is 4.35. The molecular formula is C16H19F3N6O3. The molecule has 2 heterocycles. The second-order valence-corrected chi connectivity index (χ2v) is 6.60. The van der Waals surface area contributed by atoms with Crippen LogP contribution in [0.5, 0.6) is 0 Å². The first-order valence-electron chi connectivity index (χ1n) is 8.83. The zero-order valence-corrected chi connectivity index (χ0v) is 14.9. The number of nitro groups is 1. The number of alkyl halides is 3. The fourth-order valence-electron chi connectivity index (χ4n) is 2.79. The molecule has 28 heavy (non-hydrogen) atoms. The number of nitrogens with zero attached hydrogens (tertiary/aromatic N) is 5. The van der Waals surface area contributed by atoms with E-state index in [-0.39, 0.29) is 37.2 Å². The second kappa shape index (κ2) is 7.98. The van der Waals surface area contributed by atoms with Gasteiger partial charge in [-0.2, -0.15) is 23.0 Å². The number of aryl methyl sites for hydroxylation is 2. The van der Waals surface area contributed by atoms with Crippen molar-refractivity contribution in [1.29, 1.82) is 0 Å². The molecule has 9 nitrogen and oxygen atoms in total. The molecule has 0 atom stereocenters. The number of amides is 1. The third-order valence-electron chi connectivity index (χ3n) is 4.35. The monoisotopic (exact) mass is 400 g/mol. The standard InChI is InChI=1S/C16H19F3N6O3/c17-16(18,19)13-10-12(11-2-3-11)24(21-13)7-1-6-20-15(26)5-9-23-8-4-14(22-23)25(27)28/h4,8,10-11H,1-3,5-7,9H2,(H,20,26). The predicted molar refractivity (Wildman–Crippen MR) is 90.3 cm³/mol. The summed E-state index contributed by atoms with van der Waals surface area (Å²) >= 11 is 0. The van der Waals surface area contributed by atoms with Crippen molar-refractivity contribution in [3.05, 3.63) is 39.8 Å². The lowest BCUT2D eigenvalue weighted by molar-refractivity contribution is -0.389. The van der Waals surface area contributed by atoms with Crippen molar-refractivity contribution in [3.63, 3.8) is 0 Å². The molecule has 1 aliphatic carbocycles. The molecule has 152 valence electrons. The molecule has 0 spiro atoms. The SMILES string of the molecule is O=C(CCn1ccc([N+](=O)[O-])n1)NCCCn1nc(C(F)(F)F)cc1C1CC1. The van der Waals surface area contributed by atoms with Crippen LogP contribution in [0, 0.1) is 10.1 Å². The fraction of sp³-hybridized carbons (Fsp3) is 0.562. The highest BCUT2D eigenvalue weighted by molar-refractivity contribution is 5.75. The van der Waals surface area contributed by atoms with Crippen molar-refractivity contribution in [2.45, 2.75) is 50.9 Å². The van der Waals surface area contributed by atoms with Crippen LogP contribution in [-0.4, -0.2) is 36.9 Å². The van der Waals surface area contributed by atoms with Gasteiger partial charge in [0.15, 0.2) is 5.69 Å². The maximum absolute atomic E-state index is 12.9. The van der Waals surface area contributed by atoms with Crippen LogP contribution in [0.3, 0.4) is 0 Å². The highest BCUT2D eigenvalue weighted by atomic mass is 19.4. The molecular weight excluding hydrogens is 381 g/mol. The summed E-state index contributed by atoms with van der Waals surface area (Å²) in [6.45, 7) is 0.774. The second-order valence-electron chi connectivity index (χ2n) is 6.60. The number of carbonyl (C=O) groups is 1. The van der Waals surface area contributed by atoms with E-state index in [4.69, 9.17) is 0 Å². The summed E-state index contributed by atoms with van der Waals surface area (Å²) in [7, 11) is 0. The number of halogens is 3. The average Bonchev–Trinajstić information content (AvgIpc) is 3.18. The van der Waals surface area contributed by atoms with E-state index in [1.54, 1.807) is 0 Å². The van der Waals surface area contributed by atoms with Crippen LogP contribution in [0.4, 0.5) is 19.0 Å². The van der Waals surface area contributed by atoms with Gasteiger partial charge < -0.3 is 15.4 Å². The van der Waals surface area contributed by atoms with Gasteiger partial charge in [-0.05, 0) is 30.3 Å². The molecule has 3 rings (SSSR count). The molecule has 0 saturated heterocycles. The summed E-state index contributed by atoms with van der Waals surface area (Å²) in [4.78, 5) is 21.8. The van der Waals surface area contributed by atoms with Crippen molar-refractivity contribution in [1.82, 2.24) is 24.9 Å². The van der Waals surface area contributed by atoms with Crippen LogP contribution < -0.4 is 5.32 Å². The van der Waals surface area contributed by atoms with Gasteiger partial charge in [-0.25, -0.2) is 0 Å². The van der Waals surface area contributed by atoms with E-state index in [2.05, 4.69) is 15.5 Å². The molecule has 0 bridgehead atoms. The lowest BCUT2D eigenvalue weighted by Crippen LogP contribution is -2.26. The summed E-state index contributed by atoms with van der Waals surface area (Å²) < 4.78 is 41.2. The highest BCUT2D eigenvalue weighted by Crippen LogP contribution is 2.42. The Morgan fingerprint density at radius 1 is 1.32 bits per heavy atom. The molecule has 1 amide bonds. The van der Waals surface area contributed by atoms with E-state index < -0.39 is 16.8 Å². The first kappa shape index (κ1) is 19.8. The topological polar surface area (TPSA) is 108 Å². The maximum atomic E-state index is 12.9.